The van der Waals surface area contributed by atoms with E-state index in [1.807, 2.05) is 12.1 Å². The van der Waals surface area contributed by atoms with Crippen molar-refractivity contribution in [2.45, 2.75) is 19.3 Å². The van der Waals surface area contributed by atoms with Gasteiger partial charge in [0, 0.05) is 62.2 Å². The first kappa shape index (κ1) is 18.2. The zero-order chi connectivity index (χ0) is 19.3. The van der Waals surface area contributed by atoms with Crippen LogP contribution in [0.5, 0.6) is 0 Å². The van der Waals surface area contributed by atoms with Crippen LogP contribution >= 0.6 is 0 Å². The number of nitrogens with zero attached hydrogens (tertiary/aromatic N) is 4. The van der Waals surface area contributed by atoms with E-state index in [1.165, 1.54) is 12.8 Å². The summed E-state index contributed by atoms with van der Waals surface area (Å²) >= 11 is 0. The molecular formula is C20H24N6O2. The Bertz CT molecular complexity index is 865. The molecule has 3 amide bonds. The predicted octanol–water partition coefficient (Wildman–Crippen LogP) is 1.58. The van der Waals surface area contributed by atoms with Crippen LogP contribution in [0.25, 0.3) is 0 Å². The Kier molecular flexibility index (Phi) is 5.36. The Morgan fingerprint density at radius 2 is 2.00 bits per heavy atom. The topological polar surface area (TPSA) is 90.5 Å². The third-order valence-corrected chi connectivity index (χ3v) is 5.08. The van der Waals surface area contributed by atoms with E-state index in [9.17, 15) is 9.59 Å². The van der Waals surface area contributed by atoms with Crippen molar-refractivity contribution in [3.63, 3.8) is 0 Å². The third-order valence-electron chi connectivity index (χ3n) is 5.08. The number of benzene rings is 1. The van der Waals surface area contributed by atoms with Crippen LogP contribution in [-0.2, 0) is 6.42 Å². The van der Waals surface area contributed by atoms with Crippen LogP contribution in [0.4, 0.5) is 16.3 Å². The molecule has 0 radical (unpaired) electrons. The van der Waals surface area contributed by atoms with Crippen molar-refractivity contribution in [1.29, 1.82) is 0 Å². The quantitative estimate of drug-likeness (QED) is 0.794. The normalized spacial score (nSPS) is 16.4. The lowest BCUT2D eigenvalue weighted by Crippen LogP contribution is -2.29. The lowest BCUT2D eigenvalue weighted by Gasteiger charge is -2.16. The van der Waals surface area contributed by atoms with Crippen molar-refractivity contribution in [3.05, 3.63) is 47.9 Å². The Hall–Kier alpha value is -3.16. The standard InChI is InChI=1S/C20H24N6O2/c27-19(15-4-3-5-17(12-15)26-11-8-22-20(26)28)21-7-6-16-13-18(24-14-23-16)25-9-1-2-10-25/h3-5,12-14H,1-2,6-11H2,(H,21,27)(H,22,28). The van der Waals surface area contributed by atoms with E-state index in [0.29, 0.717) is 31.6 Å². The van der Waals surface area contributed by atoms with E-state index in [4.69, 9.17) is 0 Å². The summed E-state index contributed by atoms with van der Waals surface area (Å²) < 4.78 is 0. The molecule has 28 heavy (non-hydrogen) atoms. The van der Waals surface area contributed by atoms with Crippen molar-refractivity contribution < 1.29 is 9.59 Å². The van der Waals surface area contributed by atoms with Crippen LogP contribution in [0.15, 0.2) is 36.7 Å². The third kappa shape index (κ3) is 4.05. The Labute approximate surface area is 164 Å². The van der Waals surface area contributed by atoms with E-state index in [-0.39, 0.29) is 11.9 Å². The van der Waals surface area contributed by atoms with Gasteiger partial charge in [-0.25, -0.2) is 14.8 Å². The lowest BCUT2D eigenvalue weighted by atomic mass is 10.1. The molecular weight excluding hydrogens is 356 g/mol. The fraction of sp³-hybridized carbons (Fsp3) is 0.400. The molecule has 2 aliphatic rings. The second-order valence-electron chi connectivity index (χ2n) is 7.00. The number of rotatable bonds is 6. The van der Waals surface area contributed by atoms with Crippen LogP contribution in [0.2, 0.25) is 0 Å². The SMILES string of the molecule is O=C(NCCc1cc(N2CCCC2)ncn1)c1cccc(N2CCNC2=O)c1. The highest BCUT2D eigenvalue weighted by molar-refractivity contribution is 5.98. The number of hydrogen-bond acceptors (Lipinski definition) is 5. The number of anilines is 2. The van der Waals surface area contributed by atoms with Gasteiger partial charge in [0.15, 0.2) is 0 Å². The van der Waals surface area contributed by atoms with E-state index < -0.39 is 0 Å². The molecule has 2 fully saturated rings. The van der Waals surface area contributed by atoms with Crippen LogP contribution in [0.1, 0.15) is 28.9 Å². The Morgan fingerprint density at radius 1 is 1.14 bits per heavy atom. The molecule has 0 saturated carbocycles. The summed E-state index contributed by atoms with van der Waals surface area (Å²) in [6.07, 6.45) is 4.64. The zero-order valence-corrected chi connectivity index (χ0v) is 15.7. The average Bonchev–Trinajstić information content (AvgIpc) is 3.40. The molecule has 3 heterocycles. The average molecular weight is 380 g/mol. The molecule has 8 heteroatoms. The van der Waals surface area contributed by atoms with Crippen LogP contribution in [0.3, 0.4) is 0 Å². The minimum Gasteiger partial charge on any atom is -0.357 e. The first-order valence-corrected chi connectivity index (χ1v) is 9.70. The van der Waals surface area contributed by atoms with E-state index in [2.05, 4.69) is 25.5 Å². The maximum atomic E-state index is 12.5. The minimum atomic E-state index is -0.157. The van der Waals surface area contributed by atoms with Crippen LogP contribution in [-0.4, -0.2) is 54.6 Å². The molecule has 0 spiro atoms. The van der Waals surface area contributed by atoms with Crippen molar-refractivity contribution in [2.75, 3.05) is 42.5 Å². The van der Waals surface area contributed by atoms with Gasteiger partial charge in [0.1, 0.15) is 12.1 Å². The van der Waals surface area contributed by atoms with Gasteiger partial charge >= 0.3 is 6.03 Å². The van der Waals surface area contributed by atoms with Crippen LogP contribution in [0, 0.1) is 0 Å². The molecule has 0 bridgehead atoms. The second kappa shape index (κ2) is 8.24. The van der Waals surface area contributed by atoms with Gasteiger partial charge in [0.05, 0.1) is 0 Å². The summed E-state index contributed by atoms with van der Waals surface area (Å²) in [5.74, 6) is 0.806. The predicted molar refractivity (Wildman–Crippen MR) is 107 cm³/mol. The molecule has 2 aromatic rings. The van der Waals surface area contributed by atoms with Gasteiger partial charge < -0.3 is 15.5 Å². The van der Waals surface area contributed by atoms with Crippen LogP contribution < -0.4 is 20.4 Å². The van der Waals surface area contributed by atoms with E-state index in [0.717, 1.165) is 30.3 Å². The summed E-state index contributed by atoms with van der Waals surface area (Å²) in [4.78, 5) is 36.9. The monoisotopic (exact) mass is 380 g/mol. The van der Waals surface area contributed by atoms with Gasteiger partial charge in [-0.3, -0.25) is 9.69 Å². The van der Waals surface area contributed by atoms with Gasteiger partial charge in [-0.05, 0) is 31.0 Å². The number of carbonyl (C=O) groups is 2. The van der Waals surface area contributed by atoms with E-state index >= 15 is 0 Å². The maximum absolute atomic E-state index is 12.5. The molecule has 0 unspecified atom stereocenters. The first-order chi connectivity index (χ1) is 13.7. The smallest absolute Gasteiger partial charge is 0.321 e. The van der Waals surface area contributed by atoms with Crippen molar-refractivity contribution in [3.8, 4) is 0 Å². The lowest BCUT2D eigenvalue weighted by molar-refractivity contribution is 0.0954. The molecule has 1 aromatic carbocycles. The fourth-order valence-corrected chi connectivity index (χ4v) is 3.58. The molecule has 8 nitrogen and oxygen atoms in total. The van der Waals surface area contributed by atoms with Gasteiger partial charge in [0.25, 0.3) is 5.91 Å². The summed E-state index contributed by atoms with van der Waals surface area (Å²) in [6.45, 7) is 3.80. The number of aromatic nitrogens is 2. The Balaban J connectivity index is 1.33. The minimum absolute atomic E-state index is 0.130. The molecule has 146 valence electrons. The molecule has 0 aliphatic carbocycles. The molecule has 1 aromatic heterocycles. The molecule has 2 N–H and O–H groups in total. The van der Waals surface area contributed by atoms with Crippen molar-refractivity contribution >= 4 is 23.4 Å². The zero-order valence-electron chi connectivity index (χ0n) is 15.7. The number of amides is 3. The van der Waals surface area contributed by atoms with Crippen molar-refractivity contribution in [2.24, 2.45) is 0 Å². The summed E-state index contributed by atoms with van der Waals surface area (Å²) in [7, 11) is 0. The van der Waals surface area contributed by atoms with Gasteiger partial charge in [-0.15, -0.1) is 0 Å². The number of urea groups is 1. The first-order valence-electron chi connectivity index (χ1n) is 9.70. The fourth-order valence-electron chi connectivity index (χ4n) is 3.58. The molecule has 0 atom stereocenters. The second-order valence-corrected chi connectivity index (χ2v) is 7.00. The van der Waals surface area contributed by atoms with Gasteiger partial charge in [0.2, 0.25) is 0 Å². The number of nitrogens with one attached hydrogen (secondary N) is 2. The van der Waals surface area contributed by atoms with Gasteiger partial charge in [-0.1, -0.05) is 6.07 Å². The highest BCUT2D eigenvalue weighted by Gasteiger charge is 2.21. The number of hydrogen-bond donors (Lipinski definition) is 2. The number of carbonyl (C=O) groups excluding carboxylic acids is 2. The van der Waals surface area contributed by atoms with Crippen molar-refractivity contribution in [1.82, 2.24) is 20.6 Å². The summed E-state index contributed by atoms with van der Waals surface area (Å²) in [6, 6.07) is 9.00. The van der Waals surface area contributed by atoms with E-state index in [1.54, 1.807) is 29.4 Å². The highest BCUT2D eigenvalue weighted by atomic mass is 16.2. The maximum Gasteiger partial charge on any atom is 0.321 e. The highest BCUT2D eigenvalue weighted by Crippen LogP contribution is 2.19. The largest absolute Gasteiger partial charge is 0.357 e. The molecule has 2 saturated heterocycles. The summed E-state index contributed by atoms with van der Waals surface area (Å²) in [5, 5.41) is 5.70. The molecule has 2 aliphatic heterocycles. The Morgan fingerprint density at radius 3 is 2.79 bits per heavy atom. The molecule has 4 rings (SSSR count). The summed E-state index contributed by atoms with van der Waals surface area (Å²) in [5.41, 5.74) is 2.19. The van der Waals surface area contributed by atoms with Gasteiger partial charge in [-0.2, -0.15) is 0 Å².